The summed E-state index contributed by atoms with van der Waals surface area (Å²) in [5, 5.41) is 11.9. The minimum Gasteiger partial charge on any atom is -0.481 e. The van der Waals surface area contributed by atoms with Crippen molar-refractivity contribution in [2.24, 2.45) is 5.41 Å². The van der Waals surface area contributed by atoms with E-state index >= 15 is 0 Å². The number of amides is 1. The van der Waals surface area contributed by atoms with Crippen LogP contribution in [0.1, 0.15) is 61.2 Å². The summed E-state index contributed by atoms with van der Waals surface area (Å²) < 4.78 is 5.21. The molecule has 1 aromatic rings. The third kappa shape index (κ3) is 3.86. The molecule has 1 saturated carbocycles. The van der Waals surface area contributed by atoms with Gasteiger partial charge in [-0.2, -0.15) is 0 Å². The zero-order chi connectivity index (χ0) is 15.6. The molecule has 1 heterocycles. The molecule has 0 atom stereocenters. The Morgan fingerprint density at radius 1 is 1.38 bits per heavy atom. The van der Waals surface area contributed by atoms with Crippen LogP contribution in [0.4, 0.5) is 0 Å². The van der Waals surface area contributed by atoms with E-state index in [0.29, 0.717) is 16.5 Å². The third-order valence-corrected chi connectivity index (χ3v) is 4.26. The van der Waals surface area contributed by atoms with E-state index in [1.54, 1.807) is 6.92 Å². The monoisotopic (exact) mass is 293 g/mol. The lowest BCUT2D eigenvalue weighted by Crippen LogP contribution is -2.39. The van der Waals surface area contributed by atoms with Gasteiger partial charge in [-0.3, -0.25) is 9.59 Å². The van der Waals surface area contributed by atoms with Crippen molar-refractivity contribution in [1.29, 1.82) is 0 Å². The van der Waals surface area contributed by atoms with Gasteiger partial charge >= 0.3 is 5.97 Å². The Hall–Kier alpha value is -1.78. The molecule has 0 aliphatic heterocycles. The van der Waals surface area contributed by atoms with E-state index in [4.69, 9.17) is 9.52 Å². The fourth-order valence-corrected chi connectivity index (χ4v) is 2.87. The van der Waals surface area contributed by atoms with Gasteiger partial charge in [-0.15, -0.1) is 0 Å². The molecular weight excluding hydrogens is 270 g/mol. The second kappa shape index (κ2) is 5.92. The number of hydrogen-bond donors (Lipinski definition) is 2. The molecule has 1 fully saturated rings. The molecular formula is C16H23NO4. The first-order chi connectivity index (χ1) is 9.78. The van der Waals surface area contributed by atoms with Gasteiger partial charge in [-0.25, -0.2) is 0 Å². The van der Waals surface area contributed by atoms with Crippen molar-refractivity contribution < 1.29 is 19.1 Å². The molecule has 116 valence electrons. The summed E-state index contributed by atoms with van der Waals surface area (Å²) in [5.74, 6) is -0.992. The lowest BCUT2D eigenvalue weighted by Gasteiger charge is -2.34. The maximum Gasteiger partial charge on any atom is 0.311 e. The molecule has 21 heavy (non-hydrogen) atoms. The Balaban J connectivity index is 2.04. The SMILES string of the molecule is Cc1coc(CC(=O)O)c1C(=O)NC1CCC(C)(C)CC1. The maximum absolute atomic E-state index is 12.4. The summed E-state index contributed by atoms with van der Waals surface area (Å²) >= 11 is 0. The number of rotatable bonds is 4. The van der Waals surface area contributed by atoms with Crippen molar-refractivity contribution in [1.82, 2.24) is 5.32 Å². The molecule has 2 N–H and O–H groups in total. The molecule has 0 saturated heterocycles. The molecule has 1 aliphatic carbocycles. The largest absolute Gasteiger partial charge is 0.481 e. The van der Waals surface area contributed by atoms with E-state index in [1.165, 1.54) is 6.26 Å². The van der Waals surface area contributed by atoms with E-state index in [-0.39, 0.29) is 24.1 Å². The van der Waals surface area contributed by atoms with E-state index in [9.17, 15) is 9.59 Å². The van der Waals surface area contributed by atoms with Gasteiger partial charge < -0.3 is 14.8 Å². The van der Waals surface area contributed by atoms with Crippen LogP contribution < -0.4 is 5.32 Å². The number of carbonyl (C=O) groups is 2. The highest BCUT2D eigenvalue weighted by molar-refractivity contribution is 5.97. The van der Waals surface area contributed by atoms with E-state index in [0.717, 1.165) is 25.7 Å². The molecule has 0 aromatic carbocycles. The first-order valence-corrected chi connectivity index (χ1v) is 7.38. The molecule has 5 nitrogen and oxygen atoms in total. The Labute approximate surface area is 124 Å². The topological polar surface area (TPSA) is 79.5 Å². The van der Waals surface area contributed by atoms with Crippen LogP contribution in [-0.2, 0) is 11.2 Å². The average molecular weight is 293 g/mol. The normalized spacial score (nSPS) is 18.4. The van der Waals surface area contributed by atoms with E-state index < -0.39 is 5.97 Å². The summed E-state index contributed by atoms with van der Waals surface area (Å²) in [5.41, 5.74) is 1.41. The van der Waals surface area contributed by atoms with Crippen LogP contribution in [0.3, 0.4) is 0 Å². The molecule has 1 aliphatic rings. The zero-order valence-electron chi connectivity index (χ0n) is 12.9. The number of carbonyl (C=O) groups excluding carboxylic acids is 1. The van der Waals surface area contributed by atoms with Crippen LogP contribution in [-0.4, -0.2) is 23.0 Å². The first-order valence-electron chi connectivity index (χ1n) is 7.38. The van der Waals surface area contributed by atoms with Gasteiger partial charge in [0.1, 0.15) is 12.2 Å². The molecule has 5 heteroatoms. The molecule has 1 amide bonds. The Kier molecular flexibility index (Phi) is 4.40. The lowest BCUT2D eigenvalue weighted by atomic mass is 9.75. The molecule has 0 bridgehead atoms. The maximum atomic E-state index is 12.4. The molecule has 0 spiro atoms. The van der Waals surface area contributed by atoms with Crippen molar-refractivity contribution in [2.75, 3.05) is 0 Å². The van der Waals surface area contributed by atoms with Crippen LogP contribution >= 0.6 is 0 Å². The molecule has 0 unspecified atom stereocenters. The zero-order valence-corrected chi connectivity index (χ0v) is 12.9. The smallest absolute Gasteiger partial charge is 0.311 e. The predicted molar refractivity (Wildman–Crippen MR) is 78.3 cm³/mol. The van der Waals surface area contributed by atoms with Gasteiger partial charge in [-0.1, -0.05) is 13.8 Å². The highest BCUT2D eigenvalue weighted by Crippen LogP contribution is 2.35. The van der Waals surface area contributed by atoms with Crippen LogP contribution in [0, 0.1) is 12.3 Å². The van der Waals surface area contributed by atoms with E-state index in [2.05, 4.69) is 19.2 Å². The van der Waals surface area contributed by atoms with Crippen LogP contribution in [0.15, 0.2) is 10.7 Å². The highest BCUT2D eigenvalue weighted by Gasteiger charge is 2.29. The minimum absolute atomic E-state index is 0.164. The number of carboxylic acid groups (broad SMARTS) is 1. The van der Waals surface area contributed by atoms with Crippen molar-refractivity contribution >= 4 is 11.9 Å². The highest BCUT2D eigenvalue weighted by atomic mass is 16.4. The second-order valence-corrected chi connectivity index (χ2v) is 6.70. The Morgan fingerprint density at radius 3 is 2.57 bits per heavy atom. The van der Waals surface area contributed by atoms with Gasteiger partial charge in [0.15, 0.2) is 0 Å². The van der Waals surface area contributed by atoms with Crippen molar-refractivity contribution in [3.05, 3.63) is 23.2 Å². The molecule has 1 aromatic heterocycles. The van der Waals surface area contributed by atoms with Crippen LogP contribution in [0.5, 0.6) is 0 Å². The van der Waals surface area contributed by atoms with Gasteiger partial charge in [0.25, 0.3) is 5.91 Å². The first kappa shape index (κ1) is 15.6. The van der Waals surface area contributed by atoms with Crippen LogP contribution in [0.25, 0.3) is 0 Å². The predicted octanol–water partition coefficient (Wildman–Crippen LogP) is 2.91. The van der Waals surface area contributed by atoms with Gasteiger partial charge in [0, 0.05) is 11.6 Å². The quantitative estimate of drug-likeness (QED) is 0.894. The third-order valence-electron chi connectivity index (χ3n) is 4.26. The molecule has 0 radical (unpaired) electrons. The molecule has 2 rings (SSSR count). The summed E-state index contributed by atoms with van der Waals surface area (Å²) in [7, 11) is 0. The summed E-state index contributed by atoms with van der Waals surface area (Å²) in [6.07, 6.45) is 5.27. The van der Waals surface area contributed by atoms with Crippen molar-refractivity contribution in [2.45, 2.75) is 58.9 Å². The van der Waals surface area contributed by atoms with E-state index in [1.807, 2.05) is 0 Å². The van der Waals surface area contributed by atoms with Crippen molar-refractivity contribution in [3.63, 3.8) is 0 Å². The summed E-state index contributed by atoms with van der Waals surface area (Å²) in [6.45, 7) is 6.25. The van der Waals surface area contributed by atoms with Crippen LogP contribution in [0.2, 0.25) is 0 Å². The summed E-state index contributed by atoms with van der Waals surface area (Å²) in [4.78, 5) is 23.2. The lowest BCUT2D eigenvalue weighted by molar-refractivity contribution is -0.136. The number of aliphatic carboxylic acids is 1. The average Bonchev–Trinajstić information content (AvgIpc) is 2.72. The Morgan fingerprint density at radius 2 is 2.00 bits per heavy atom. The minimum atomic E-state index is -1.00. The fourth-order valence-electron chi connectivity index (χ4n) is 2.87. The fraction of sp³-hybridized carbons (Fsp3) is 0.625. The van der Waals surface area contributed by atoms with Crippen molar-refractivity contribution in [3.8, 4) is 0 Å². The number of carboxylic acids is 1. The Bertz CT molecular complexity index is 534. The number of nitrogens with one attached hydrogen (secondary N) is 1. The number of furan rings is 1. The number of aryl methyl sites for hydroxylation is 1. The van der Waals surface area contributed by atoms with Gasteiger partial charge in [-0.05, 0) is 38.0 Å². The standard InChI is InChI=1S/C16H23NO4/c1-10-9-21-12(8-13(18)19)14(10)15(20)17-11-4-6-16(2,3)7-5-11/h9,11H,4-8H2,1-3H3,(H,17,20)(H,18,19). The summed E-state index contributed by atoms with van der Waals surface area (Å²) in [6, 6.07) is 0.164. The second-order valence-electron chi connectivity index (χ2n) is 6.70. The number of hydrogen-bond acceptors (Lipinski definition) is 3. The van der Waals surface area contributed by atoms with Gasteiger partial charge in [0.05, 0.1) is 11.8 Å². The van der Waals surface area contributed by atoms with Gasteiger partial charge in [0.2, 0.25) is 0 Å².